The van der Waals surface area contributed by atoms with Gasteiger partial charge in [0, 0.05) is 6.42 Å². The molecule has 1 saturated carbocycles. The number of hydrogen-bond acceptors (Lipinski definition) is 1. The van der Waals surface area contributed by atoms with Crippen LogP contribution in [-0.4, -0.2) is 5.78 Å². The summed E-state index contributed by atoms with van der Waals surface area (Å²) >= 11 is 0. The van der Waals surface area contributed by atoms with E-state index in [2.05, 4.69) is 12.1 Å². The third-order valence-corrected chi connectivity index (χ3v) is 2.88. The highest BCUT2D eigenvalue weighted by atomic mass is 16.1. The summed E-state index contributed by atoms with van der Waals surface area (Å²) in [6.07, 6.45) is 3.55. The van der Waals surface area contributed by atoms with Gasteiger partial charge in [0.15, 0.2) is 5.78 Å². The lowest BCUT2D eigenvalue weighted by Crippen LogP contribution is -1.93. The fourth-order valence-electron chi connectivity index (χ4n) is 2.05. The van der Waals surface area contributed by atoms with Crippen molar-refractivity contribution in [2.75, 3.05) is 0 Å². The van der Waals surface area contributed by atoms with Crippen molar-refractivity contribution >= 4 is 5.78 Å². The average Bonchev–Trinajstić information content (AvgIpc) is 2.61. The molecule has 0 aliphatic heterocycles. The predicted molar refractivity (Wildman–Crippen MR) is 57.2 cm³/mol. The molecule has 0 amide bonds. The molecule has 1 aromatic carbocycles. The van der Waals surface area contributed by atoms with E-state index in [9.17, 15) is 4.79 Å². The van der Waals surface area contributed by atoms with E-state index in [0.29, 0.717) is 18.1 Å². The van der Waals surface area contributed by atoms with Gasteiger partial charge in [0.1, 0.15) is 0 Å². The first-order valence-corrected chi connectivity index (χ1v) is 5.04. The Morgan fingerprint density at radius 1 is 1.21 bits per heavy atom. The molecule has 0 bridgehead atoms. The van der Waals surface area contributed by atoms with Crippen LogP contribution in [0.1, 0.15) is 31.2 Å². The van der Waals surface area contributed by atoms with Gasteiger partial charge in [-0.1, -0.05) is 36.4 Å². The van der Waals surface area contributed by atoms with Crippen molar-refractivity contribution in [1.29, 1.82) is 0 Å². The van der Waals surface area contributed by atoms with Crippen LogP contribution >= 0.6 is 0 Å². The Morgan fingerprint density at radius 2 is 1.93 bits per heavy atom. The van der Waals surface area contributed by atoms with Gasteiger partial charge in [0.25, 0.3) is 0 Å². The van der Waals surface area contributed by atoms with Gasteiger partial charge in [-0.25, -0.2) is 0 Å². The summed E-state index contributed by atoms with van der Waals surface area (Å²) in [5.74, 6) is 0.733. The van der Waals surface area contributed by atoms with Crippen LogP contribution in [0.5, 0.6) is 0 Å². The molecule has 1 fully saturated rings. The van der Waals surface area contributed by atoms with Gasteiger partial charge in [0.2, 0.25) is 0 Å². The number of ketones is 1. The third-order valence-electron chi connectivity index (χ3n) is 2.88. The number of rotatable bonds is 1. The van der Waals surface area contributed by atoms with E-state index in [-0.39, 0.29) is 0 Å². The van der Waals surface area contributed by atoms with Gasteiger partial charge in [0.05, 0.1) is 0 Å². The van der Waals surface area contributed by atoms with Crippen molar-refractivity contribution in [3.05, 3.63) is 47.5 Å². The van der Waals surface area contributed by atoms with Gasteiger partial charge in [-0.2, -0.15) is 0 Å². The molecule has 1 aliphatic carbocycles. The zero-order valence-electron chi connectivity index (χ0n) is 8.36. The van der Waals surface area contributed by atoms with E-state index in [1.54, 1.807) is 0 Å². The molecule has 2 rings (SSSR count). The Bertz CT molecular complexity index is 362. The molecule has 1 heteroatoms. The van der Waals surface area contributed by atoms with Crippen molar-refractivity contribution in [1.82, 2.24) is 0 Å². The maximum atomic E-state index is 11.5. The van der Waals surface area contributed by atoms with Crippen molar-refractivity contribution < 1.29 is 4.79 Å². The minimum Gasteiger partial charge on any atom is -0.295 e. The molecule has 0 unspecified atom stereocenters. The molecule has 0 aromatic heterocycles. The SMILES string of the molecule is C/C=C1/C[C@@H](c2ccccc2)CC1=O. The first-order valence-electron chi connectivity index (χ1n) is 5.04. The van der Waals surface area contributed by atoms with Gasteiger partial charge in [-0.3, -0.25) is 4.79 Å². The van der Waals surface area contributed by atoms with E-state index < -0.39 is 0 Å². The maximum Gasteiger partial charge on any atom is 0.159 e. The molecule has 1 atom stereocenters. The number of Topliss-reactive ketones (excluding diaryl/α,β-unsaturated/α-hetero) is 1. The molecule has 0 radical (unpaired) electrons. The van der Waals surface area contributed by atoms with Crippen molar-refractivity contribution in [2.45, 2.75) is 25.7 Å². The van der Waals surface area contributed by atoms with E-state index in [1.165, 1.54) is 5.56 Å². The van der Waals surface area contributed by atoms with Gasteiger partial charge in [-0.15, -0.1) is 0 Å². The molecule has 0 heterocycles. The highest BCUT2D eigenvalue weighted by molar-refractivity contribution is 5.98. The first-order chi connectivity index (χ1) is 6.81. The Kier molecular flexibility index (Phi) is 2.49. The zero-order valence-corrected chi connectivity index (χ0v) is 8.36. The largest absolute Gasteiger partial charge is 0.295 e. The monoisotopic (exact) mass is 186 g/mol. The van der Waals surface area contributed by atoms with E-state index >= 15 is 0 Å². The summed E-state index contributed by atoms with van der Waals surface area (Å²) in [5.41, 5.74) is 2.29. The maximum absolute atomic E-state index is 11.5. The topological polar surface area (TPSA) is 17.1 Å². The Hall–Kier alpha value is -1.37. The van der Waals surface area contributed by atoms with E-state index in [0.717, 1.165) is 12.0 Å². The standard InChI is InChI=1S/C13H14O/c1-2-10-8-12(9-13(10)14)11-6-4-3-5-7-11/h2-7,12H,8-9H2,1H3/b10-2-/t12-/m1/s1. The zero-order chi connectivity index (χ0) is 9.97. The summed E-state index contributed by atoms with van der Waals surface area (Å²) in [7, 11) is 0. The van der Waals surface area contributed by atoms with Crippen LogP contribution in [0.3, 0.4) is 0 Å². The third kappa shape index (κ3) is 1.63. The minimum atomic E-state index is 0.321. The second-order valence-electron chi connectivity index (χ2n) is 3.75. The fraction of sp³-hybridized carbons (Fsp3) is 0.308. The lowest BCUT2D eigenvalue weighted by Gasteiger charge is -2.06. The molecule has 72 valence electrons. The summed E-state index contributed by atoms with van der Waals surface area (Å²) in [6.45, 7) is 1.95. The molecule has 1 aliphatic rings. The summed E-state index contributed by atoms with van der Waals surface area (Å²) in [5, 5.41) is 0. The van der Waals surface area contributed by atoms with E-state index in [1.807, 2.05) is 31.2 Å². The van der Waals surface area contributed by atoms with Crippen LogP contribution in [0.4, 0.5) is 0 Å². The predicted octanol–water partition coefficient (Wildman–Crippen LogP) is 3.08. The lowest BCUT2D eigenvalue weighted by atomic mass is 9.97. The van der Waals surface area contributed by atoms with Gasteiger partial charge in [-0.05, 0) is 30.4 Å². The second-order valence-corrected chi connectivity index (χ2v) is 3.75. The van der Waals surface area contributed by atoms with Crippen molar-refractivity contribution in [3.63, 3.8) is 0 Å². The summed E-state index contributed by atoms with van der Waals surface area (Å²) in [6, 6.07) is 10.3. The summed E-state index contributed by atoms with van der Waals surface area (Å²) in [4.78, 5) is 11.5. The first kappa shape index (κ1) is 9.20. The van der Waals surface area contributed by atoms with Gasteiger partial charge >= 0.3 is 0 Å². The van der Waals surface area contributed by atoms with Crippen LogP contribution in [0.15, 0.2) is 42.0 Å². The number of carbonyl (C=O) groups is 1. The highest BCUT2D eigenvalue weighted by Crippen LogP contribution is 2.35. The molecule has 0 N–H and O–H groups in total. The lowest BCUT2D eigenvalue weighted by molar-refractivity contribution is -0.114. The quantitative estimate of drug-likeness (QED) is 0.616. The molecule has 0 saturated heterocycles. The Morgan fingerprint density at radius 3 is 2.50 bits per heavy atom. The van der Waals surface area contributed by atoms with Crippen molar-refractivity contribution in [2.24, 2.45) is 0 Å². The summed E-state index contributed by atoms with van der Waals surface area (Å²) < 4.78 is 0. The van der Waals surface area contributed by atoms with E-state index in [4.69, 9.17) is 0 Å². The minimum absolute atomic E-state index is 0.321. The highest BCUT2D eigenvalue weighted by Gasteiger charge is 2.27. The van der Waals surface area contributed by atoms with Crippen LogP contribution < -0.4 is 0 Å². The van der Waals surface area contributed by atoms with Crippen LogP contribution in [-0.2, 0) is 4.79 Å². The molecular formula is C13H14O. The number of carbonyl (C=O) groups excluding carboxylic acids is 1. The Labute approximate surface area is 84.5 Å². The normalized spacial score (nSPS) is 24.5. The Balaban J connectivity index is 2.21. The number of allylic oxidation sites excluding steroid dienone is 2. The van der Waals surface area contributed by atoms with Crippen LogP contribution in [0.2, 0.25) is 0 Å². The second kappa shape index (κ2) is 3.79. The smallest absolute Gasteiger partial charge is 0.159 e. The van der Waals surface area contributed by atoms with Crippen molar-refractivity contribution in [3.8, 4) is 0 Å². The fourth-order valence-corrected chi connectivity index (χ4v) is 2.05. The van der Waals surface area contributed by atoms with Gasteiger partial charge < -0.3 is 0 Å². The molecule has 0 spiro atoms. The van der Waals surface area contributed by atoms with Crippen LogP contribution in [0.25, 0.3) is 0 Å². The number of hydrogen-bond donors (Lipinski definition) is 0. The number of benzene rings is 1. The van der Waals surface area contributed by atoms with Crippen LogP contribution in [0, 0.1) is 0 Å². The average molecular weight is 186 g/mol. The molecule has 14 heavy (non-hydrogen) atoms. The molecular weight excluding hydrogens is 172 g/mol. The molecule has 1 nitrogen and oxygen atoms in total. The molecule has 1 aromatic rings.